The summed E-state index contributed by atoms with van der Waals surface area (Å²) in [5.41, 5.74) is 0.435. The molecule has 0 radical (unpaired) electrons. The second kappa shape index (κ2) is 3.78. The van der Waals surface area contributed by atoms with Crippen LogP contribution in [0.1, 0.15) is 53.4 Å². The summed E-state index contributed by atoms with van der Waals surface area (Å²) in [6.45, 7) is 10.7. The van der Waals surface area contributed by atoms with Crippen molar-refractivity contribution >= 4 is 0 Å². The molecular formula is C11H23N. The zero-order valence-corrected chi connectivity index (χ0v) is 9.06. The van der Waals surface area contributed by atoms with E-state index in [1.165, 1.54) is 32.2 Å². The Labute approximate surface area is 77.1 Å². The quantitative estimate of drug-likeness (QED) is 0.583. The number of hydrogen-bond donors (Lipinski definition) is 0. The SMILES string of the molecule is CC(C)N1CCCCCC1(C)C. The summed E-state index contributed by atoms with van der Waals surface area (Å²) in [6, 6.07) is 0.707. The lowest BCUT2D eigenvalue weighted by atomic mass is 9.96. The first-order valence-corrected chi connectivity index (χ1v) is 5.31. The molecule has 0 aromatic carbocycles. The van der Waals surface area contributed by atoms with Crippen molar-refractivity contribution in [3.8, 4) is 0 Å². The molecule has 0 spiro atoms. The van der Waals surface area contributed by atoms with Gasteiger partial charge in [0.2, 0.25) is 0 Å². The zero-order chi connectivity index (χ0) is 9.19. The first-order valence-electron chi connectivity index (χ1n) is 5.31. The third-order valence-electron chi connectivity index (χ3n) is 3.09. The van der Waals surface area contributed by atoms with Crippen LogP contribution in [0.15, 0.2) is 0 Å². The van der Waals surface area contributed by atoms with E-state index in [1.807, 2.05) is 0 Å². The zero-order valence-electron chi connectivity index (χ0n) is 9.06. The molecule has 0 N–H and O–H groups in total. The van der Waals surface area contributed by atoms with Crippen molar-refractivity contribution in [2.45, 2.75) is 65.0 Å². The number of nitrogens with zero attached hydrogens (tertiary/aromatic N) is 1. The molecule has 0 atom stereocenters. The molecule has 1 heterocycles. The van der Waals surface area contributed by atoms with E-state index in [-0.39, 0.29) is 0 Å². The molecule has 1 nitrogen and oxygen atoms in total. The van der Waals surface area contributed by atoms with Gasteiger partial charge >= 0.3 is 0 Å². The fourth-order valence-corrected chi connectivity index (χ4v) is 2.42. The molecule has 0 unspecified atom stereocenters. The molecule has 12 heavy (non-hydrogen) atoms. The summed E-state index contributed by atoms with van der Waals surface area (Å²) in [6.07, 6.45) is 5.59. The summed E-state index contributed by atoms with van der Waals surface area (Å²) in [4.78, 5) is 2.65. The summed E-state index contributed by atoms with van der Waals surface area (Å²) in [5, 5.41) is 0. The van der Waals surface area contributed by atoms with E-state index >= 15 is 0 Å². The van der Waals surface area contributed by atoms with Crippen LogP contribution < -0.4 is 0 Å². The van der Waals surface area contributed by atoms with E-state index in [0.29, 0.717) is 11.6 Å². The smallest absolute Gasteiger partial charge is 0.0155 e. The molecule has 72 valence electrons. The average Bonchev–Trinajstić information content (AvgIpc) is 2.09. The van der Waals surface area contributed by atoms with Crippen molar-refractivity contribution < 1.29 is 0 Å². The minimum Gasteiger partial charge on any atom is -0.296 e. The first kappa shape index (κ1) is 10.0. The Balaban J connectivity index is 2.65. The van der Waals surface area contributed by atoms with Crippen LogP contribution in [0.4, 0.5) is 0 Å². The van der Waals surface area contributed by atoms with Gasteiger partial charge in [0.05, 0.1) is 0 Å². The highest BCUT2D eigenvalue weighted by atomic mass is 15.2. The second-order valence-electron chi connectivity index (χ2n) is 4.91. The normalized spacial score (nSPS) is 25.8. The molecular weight excluding hydrogens is 146 g/mol. The Bertz CT molecular complexity index is 138. The van der Waals surface area contributed by atoms with Gasteiger partial charge in [-0.3, -0.25) is 4.90 Å². The first-order chi connectivity index (χ1) is 5.54. The van der Waals surface area contributed by atoms with E-state index in [9.17, 15) is 0 Å². The topological polar surface area (TPSA) is 3.24 Å². The second-order valence-corrected chi connectivity index (χ2v) is 4.91. The van der Waals surface area contributed by atoms with Gasteiger partial charge in [0.25, 0.3) is 0 Å². The fourth-order valence-electron chi connectivity index (χ4n) is 2.42. The summed E-state index contributed by atoms with van der Waals surface area (Å²) in [5.74, 6) is 0. The van der Waals surface area contributed by atoms with Crippen LogP contribution in [0.5, 0.6) is 0 Å². The predicted molar refractivity (Wildman–Crippen MR) is 54.4 cm³/mol. The molecule has 0 aromatic heterocycles. The molecule has 0 amide bonds. The minimum atomic E-state index is 0.435. The standard InChI is InChI=1S/C11H23N/c1-10(2)12-9-7-5-6-8-11(12,3)4/h10H,5-9H2,1-4H3. The lowest BCUT2D eigenvalue weighted by Crippen LogP contribution is -2.47. The molecule has 0 bridgehead atoms. The van der Waals surface area contributed by atoms with Crippen molar-refractivity contribution in [2.24, 2.45) is 0 Å². The van der Waals surface area contributed by atoms with E-state index in [1.54, 1.807) is 0 Å². The van der Waals surface area contributed by atoms with Crippen LogP contribution in [0, 0.1) is 0 Å². The molecule has 1 aliphatic heterocycles. The van der Waals surface area contributed by atoms with E-state index in [2.05, 4.69) is 32.6 Å². The molecule has 1 rings (SSSR count). The Morgan fingerprint density at radius 2 is 1.75 bits per heavy atom. The molecule has 1 heteroatoms. The van der Waals surface area contributed by atoms with Crippen LogP contribution in [-0.2, 0) is 0 Å². The Morgan fingerprint density at radius 1 is 1.08 bits per heavy atom. The van der Waals surface area contributed by atoms with Gasteiger partial charge in [0.1, 0.15) is 0 Å². The van der Waals surface area contributed by atoms with Gasteiger partial charge in [-0.15, -0.1) is 0 Å². The van der Waals surface area contributed by atoms with Crippen molar-refractivity contribution in [1.82, 2.24) is 4.90 Å². The molecule has 0 aromatic rings. The third-order valence-corrected chi connectivity index (χ3v) is 3.09. The summed E-state index contributed by atoms with van der Waals surface area (Å²) < 4.78 is 0. The largest absolute Gasteiger partial charge is 0.296 e. The highest BCUT2D eigenvalue weighted by Crippen LogP contribution is 2.27. The van der Waals surface area contributed by atoms with Crippen LogP contribution in [0.3, 0.4) is 0 Å². The van der Waals surface area contributed by atoms with E-state index in [0.717, 1.165) is 0 Å². The van der Waals surface area contributed by atoms with Gasteiger partial charge in [-0.05, 0) is 47.1 Å². The molecule has 1 fully saturated rings. The minimum absolute atomic E-state index is 0.435. The van der Waals surface area contributed by atoms with Crippen molar-refractivity contribution in [3.63, 3.8) is 0 Å². The third kappa shape index (κ3) is 2.22. The van der Waals surface area contributed by atoms with Gasteiger partial charge < -0.3 is 0 Å². The van der Waals surface area contributed by atoms with Crippen LogP contribution in [0.25, 0.3) is 0 Å². The lowest BCUT2D eigenvalue weighted by Gasteiger charge is -2.40. The van der Waals surface area contributed by atoms with Crippen molar-refractivity contribution in [1.29, 1.82) is 0 Å². The van der Waals surface area contributed by atoms with Gasteiger partial charge in [-0.2, -0.15) is 0 Å². The highest BCUT2D eigenvalue weighted by molar-refractivity contribution is 4.85. The Kier molecular flexibility index (Phi) is 3.16. The highest BCUT2D eigenvalue weighted by Gasteiger charge is 2.29. The van der Waals surface area contributed by atoms with Gasteiger partial charge in [-0.1, -0.05) is 12.8 Å². The number of likely N-dealkylation sites (tertiary alicyclic amines) is 1. The summed E-state index contributed by atoms with van der Waals surface area (Å²) in [7, 11) is 0. The monoisotopic (exact) mass is 169 g/mol. The maximum Gasteiger partial charge on any atom is 0.0155 e. The van der Waals surface area contributed by atoms with Gasteiger partial charge in [-0.25, -0.2) is 0 Å². The maximum absolute atomic E-state index is 2.65. The van der Waals surface area contributed by atoms with Crippen molar-refractivity contribution in [2.75, 3.05) is 6.54 Å². The van der Waals surface area contributed by atoms with E-state index < -0.39 is 0 Å². The van der Waals surface area contributed by atoms with Crippen molar-refractivity contribution in [3.05, 3.63) is 0 Å². The lowest BCUT2D eigenvalue weighted by molar-refractivity contribution is 0.0874. The number of hydrogen-bond acceptors (Lipinski definition) is 1. The molecule has 1 saturated heterocycles. The van der Waals surface area contributed by atoms with Crippen LogP contribution >= 0.6 is 0 Å². The van der Waals surface area contributed by atoms with Gasteiger partial charge in [0.15, 0.2) is 0 Å². The molecule has 0 saturated carbocycles. The van der Waals surface area contributed by atoms with Crippen LogP contribution in [0.2, 0.25) is 0 Å². The van der Waals surface area contributed by atoms with Gasteiger partial charge in [0, 0.05) is 11.6 Å². The number of rotatable bonds is 1. The maximum atomic E-state index is 2.65. The average molecular weight is 169 g/mol. The summed E-state index contributed by atoms with van der Waals surface area (Å²) >= 11 is 0. The van der Waals surface area contributed by atoms with E-state index in [4.69, 9.17) is 0 Å². The predicted octanol–water partition coefficient (Wildman–Crippen LogP) is 3.05. The molecule has 1 aliphatic rings. The Morgan fingerprint density at radius 3 is 2.33 bits per heavy atom. The molecule has 0 aliphatic carbocycles. The Hall–Kier alpha value is -0.0400. The fraction of sp³-hybridized carbons (Fsp3) is 1.00. The van der Waals surface area contributed by atoms with Crippen LogP contribution in [-0.4, -0.2) is 23.0 Å².